The first-order chi connectivity index (χ1) is 12.6. The third-order valence-electron chi connectivity index (χ3n) is 4.56. The standard InChI is InChI=1S/C22H19N3O/c1-25(2)22(26)16-8-6-15(7-9-16)18-11-19(13-23-12-18)20-10-17-4-3-5-21(17)24-14-20/h3-4,6-14H,5H2,1-2H3. The number of nitrogens with zero attached hydrogens (tertiary/aromatic N) is 3. The van der Waals surface area contributed by atoms with Crippen LogP contribution in [0.4, 0.5) is 0 Å². The van der Waals surface area contributed by atoms with Crippen LogP contribution in [-0.4, -0.2) is 34.9 Å². The molecule has 0 saturated heterocycles. The number of aromatic nitrogens is 2. The number of benzene rings is 1. The van der Waals surface area contributed by atoms with Crippen LogP contribution >= 0.6 is 0 Å². The Morgan fingerprint density at radius 2 is 1.62 bits per heavy atom. The van der Waals surface area contributed by atoms with Crippen molar-refractivity contribution >= 4 is 12.0 Å². The summed E-state index contributed by atoms with van der Waals surface area (Å²) in [7, 11) is 3.51. The number of amides is 1. The number of rotatable bonds is 3. The molecule has 0 spiro atoms. The predicted molar refractivity (Wildman–Crippen MR) is 104 cm³/mol. The lowest BCUT2D eigenvalue weighted by Gasteiger charge is -2.11. The summed E-state index contributed by atoms with van der Waals surface area (Å²) in [4.78, 5) is 22.6. The van der Waals surface area contributed by atoms with E-state index in [0.29, 0.717) is 5.56 Å². The third kappa shape index (κ3) is 3.02. The number of carbonyl (C=O) groups is 1. The molecular formula is C22H19N3O. The molecule has 0 aliphatic heterocycles. The number of pyridine rings is 2. The lowest BCUT2D eigenvalue weighted by Crippen LogP contribution is -2.21. The van der Waals surface area contributed by atoms with Crippen LogP contribution in [-0.2, 0) is 6.42 Å². The van der Waals surface area contributed by atoms with E-state index in [0.717, 1.165) is 34.4 Å². The first-order valence-electron chi connectivity index (χ1n) is 8.55. The van der Waals surface area contributed by atoms with Crippen LogP contribution in [0.3, 0.4) is 0 Å². The first kappa shape index (κ1) is 16.2. The fourth-order valence-electron chi connectivity index (χ4n) is 3.10. The highest BCUT2D eigenvalue weighted by Crippen LogP contribution is 2.28. The second kappa shape index (κ2) is 6.56. The molecule has 26 heavy (non-hydrogen) atoms. The molecule has 2 aromatic heterocycles. The van der Waals surface area contributed by atoms with Crippen molar-refractivity contribution in [2.24, 2.45) is 0 Å². The minimum Gasteiger partial charge on any atom is -0.345 e. The second-order valence-electron chi connectivity index (χ2n) is 6.61. The van der Waals surface area contributed by atoms with Gasteiger partial charge in [0.25, 0.3) is 5.91 Å². The van der Waals surface area contributed by atoms with Crippen molar-refractivity contribution in [3.8, 4) is 22.3 Å². The van der Waals surface area contributed by atoms with Gasteiger partial charge in [-0.1, -0.05) is 24.3 Å². The maximum atomic E-state index is 12.0. The Labute approximate surface area is 152 Å². The zero-order valence-electron chi connectivity index (χ0n) is 14.8. The molecule has 0 unspecified atom stereocenters. The van der Waals surface area contributed by atoms with Gasteiger partial charge in [-0.05, 0) is 35.4 Å². The Hall–Kier alpha value is -3.27. The van der Waals surface area contributed by atoms with E-state index >= 15 is 0 Å². The zero-order chi connectivity index (χ0) is 18.1. The molecule has 0 N–H and O–H groups in total. The SMILES string of the molecule is CN(C)C(=O)c1ccc(-c2cncc(-c3cnc4c(c3)C=CC4)c2)cc1. The van der Waals surface area contributed by atoms with Gasteiger partial charge in [0.05, 0.1) is 5.69 Å². The van der Waals surface area contributed by atoms with Crippen molar-refractivity contribution in [3.63, 3.8) is 0 Å². The molecule has 4 heteroatoms. The quantitative estimate of drug-likeness (QED) is 0.721. The van der Waals surface area contributed by atoms with E-state index < -0.39 is 0 Å². The monoisotopic (exact) mass is 341 g/mol. The van der Waals surface area contributed by atoms with Crippen molar-refractivity contribution < 1.29 is 4.79 Å². The second-order valence-corrected chi connectivity index (χ2v) is 6.61. The van der Waals surface area contributed by atoms with Crippen LogP contribution in [0.25, 0.3) is 28.3 Å². The normalized spacial score (nSPS) is 12.1. The third-order valence-corrected chi connectivity index (χ3v) is 4.56. The highest BCUT2D eigenvalue weighted by molar-refractivity contribution is 5.94. The fraction of sp³-hybridized carbons (Fsp3) is 0.136. The average molecular weight is 341 g/mol. The summed E-state index contributed by atoms with van der Waals surface area (Å²) in [6, 6.07) is 11.9. The molecule has 0 bridgehead atoms. The Kier molecular flexibility index (Phi) is 4.09. The molecule has 0 fully saturated rings. The van der Waals surface area contributed by atoms with Gasteiger partial charge in [-0.15, -0.1) is 0 Å². The van der Waals surface area contributed by atoms with Gasteiger partial charge in [-0.3, -0.25) is 14.8 Å². The number of fused-ring (bicyclic) bond motifs is 1. The van der Waals surface area contributed by atoms with Gasteiger partial charge in [0.15, 0.2) is 0 Å². The number of hydrogen-bond donors (Lipinski definition) is 0. The van der Waals surface area contributed by atoms with Crippen molar-refractivity contribution in [1.82, 2.24) is 14.9 Å². The first-order valence-corrected chi connectivity index (χ1v) is 8.55. The molecule has 1 amide bonds. The molecule has 2 heterocycles. The molecule has 128 valence electrons. The van der Waals surface area contributed by atoms with E-state index in [-0.39, 0.29) is 5.91 Å². The number of allylic oxidation sites excluding steroid dienone is 1. The fourth-order valence-corrected chi connectivity index (χ4v) is 3.10. The summed E-state index contributed by atoms with van der Waals surface area (Å²) in [6.45, 7) is 0. The van der Waals surface area contributed by atoms with E-state index in [2.05, 4.69) is 34.3 Å². The summed E-state index contributed by atoms with van der Waals surface area (Å²) in [5.41, 5.74) is 7.12. The Bertz CT molecular complexity index is 1000. The van der Waals surface area contributed by atoms with E-state index in [4.69, 9.17) is 0 Å². The van der Waals surface area contributed by atoms with Crippen molar-refractivity contribution in [2.45, 2.75) is 6.42 Å². The maximum absolute atomic E-state index is 12.0. The summed E-state index contributed by atoms with van der Waals surface area (Å²) < 4.78 is 0. The summed E-state index contributed by atoms with van der Waals surface area (Å²) >= 11 is 0. The van der Waals surface area contributed by atoms with Gasteiger partial charge in [0.1, 0.15) is 0 Å². The van der Waals surface area contributed by atoms with Gasteiger partial charge in [0, 0.05) is 61.4 Å². The number of hydrogen-bond acceptors (Lipinski definition) is 3. The van der Waals surface area contributed by atoms with Gasteiger partial charge in [-0.25, -0.2) is 0 Å². The van der Waals surface area contributed by atoms with E-state index in [9.17, 15) is 4.79 Å². The van der Waals surface area contributed by atoms with Gasteiger partial charge >= 0.3 is 0 Å². The molecule has 0 saturated carbocycles. The van der Waals surface area contributed by atoms with Crippen molar-refractivity contribution in [2.75, 3.05) is 14.1 Å². The minimum atomic E-state index is 0.000644. The van der Waals surface area contributed by atoms with Gasteiger partial charge in [-0.2, -0.15) is 0 Å². The lowest BCUT2D eigenvalue weighted by molar-refractivity contribution is 0.0827. The average Bonchev–Trinajstić information content (AvgIpc) is 3.15. The van der Waals surface area contributed by atoms with Crippen LogP contribution < -0.4 is 0 Å². The Morgan fingerprint density at radius 3 is 2.35 bits per heavy atom. The smallest absolute Gasteiger partial charge is 0.253 e. The molecule has 1 aromatic carbocycles. The van der Waals surface area contributed by atoms with E-state index in [1.807, 2.05) is 42.9 Å². The molecule has 4 rings (SSSR count). The van der Waals surface area contributed by atoms with Crippen molar-refractivity contribution in [3.05, 3.63) is 77.9 Å². The highest BCUT2D eigenvalue weighted by atomic mass is 16.2. The summed E-state index contributed by atoms with van der Waals surface area (Å²) in [5, 5.41) is 0. The van der Waals surface area contributed by atoms with Crippen LogP contribution in [0.2, 0.25) is 0 Å². The maximum Gasteiger partial charge on any atom is 0.253 e. The minimum absolute atomic E-state index is 0.000644. The summed E-state index contributed by atoms with van der Waals surface area (Å²) in [6.07, 6.45) is 10.8. The molecular weight excluding hydrogens is 322 g/mol. The highest BCUT2D eigenvalue weighted by Gasteiger charge is 2.10. The van der Waals surface area contributed by atoms with Gasteiger partial charge in [0.2, 0.25) is 0 Å². The number of carbonyl (C=O) groups excluding carboxylic acids is 1. The zero-order valence-corrected chi connectivity index (χ0v) is 14.8. The van der Waals surface area contributed by atoms with E-state index in [1.165, 1.54) is 5.56 Å². The largest absolute Gasteiger partial charge is 0.345 e. The topological polar surface area (TPSA) is 46.1 Å². The molecule has 1 aliphatic rings. The molecule has 0 radical (unpaired) electrons. The van der Waals surface area contributed by atoms with Crippen LogP contribution in [0.1, 0.15) is 21.6 Å². The van der Waals surface area contributed by atoms with Gasteiger partial charge < -0.3 is 4.90 Å². The Balaban J connectivity index is 1.66. The molecule has 0 atom stereocenters. The predicted octanol–water partition coefficient (Wildman–Crippen LogP) is 4.08. The molecule has 3 aromatic rings. The Morgan fingerprint density at radius 1 is 0.923 bits per heavy atom. The van der Waals surface area contributed by atoms with Crippen LogP contribution in [0, 0.1) is 0 Å². The molecule has 4 nitrogen and oxygen atoms in total. The lowest BCUT2D eigenvalue weighted by atomic mass is 10.0. The molecule has 1 aliphatic carbocycles. The van der Waals surface area contributed by atoms with Crippen LogP contribution in [0.15, 0.2) is 61.1 Å². The van der Waals surface area contributed by atoms with E-state index in [1.54, 1.807) is 19.0 Å². The van der Waals surface area contributed by atoms with Crippen molar-refractivity contribution in [1.29, 1.82) is 0 Å². The van der Waals surface area contributed by atoms with Crippen LogP contribution in [0.5, 0.6) is 0 Å². The summed E-state index contributed by atoms with van der Waals surface area (Å²) in [5.74, 6) is 0.000644.